The van der Waals surface area contributed by atoms with Crippen LogP contribution in [0.2, 0.25) is 5.02 Å². The van der Waals surface area contributed by atoms with Gasteiger partial charge >= 0.3 is 0 Å². The third-order valence-electron chi connectivity index (χ3n) is 3.19. The molecule has 0 radical (unpaired) electrons. The van der Waals surface area contributed by atoms with Crippen LogP contribution in [0.1, 0.15) is 30.1 Å². The number of hydrogen-bond donors (Lipinski definition) is 0. The number of rotatable bonds is 6. The van der Waals surface area contributed by atoms with Gasteiger partial charge in [0.15, 0.2) is 5.78 Å². The van der Waals surface area contributed by atoms with Gasteiger partial charge in [-0.1, -0.05) is 43.3 Å². The highest BCUT2D eigenvalue weighted by atomic mass is 35.5. The molecule has 0 N–H and O–H groups in total. The summed E-state index contributed by atoms with van der Waals surface area (Å²) in [5.74, 6) is 1.64. The molecule has 0 bridgehead atoms. The fraction of sp³-hybridized carbons (Fsp3) is 0.400. The zero-order chi connectivity index (χ0) is 14.7. The van der Waals surface area contributed by atoms with Crippen LogP contribution in [0.5, 0.6) is 0 Å². The van der Waals surface area contributed by atoms with E-state index in [9.17, 15) is 4.79 Å². The highest BCUT2D eigenvalue weighted by molar-refractivity contribution is 8.03. The predicted molar refractivity (Wildman–Crippen MR) is 91.4 cm³/mol. The van der Waals surface area contributed by atoms with Crippen LogP contribution >= 0.6 is 35.1 Å². The lowest BCUT2D eigenvalue weighted by atomic mass is 10.1. The van der Waals surface area contributed by atoms with Gasteiger partial charge in [-0.3, -0.25) is 4.79 Å². The summed E-state index contributed by atoms with van der Waals surface area (Å²) in [6.07, 6.45) is 2.31. The number of nitrogens with zero attached hydrogens (tertiary/aromatic N) is 1. The predicted octanol–water partition coefficient (Wildman–Crippen LogP) is 5.07. The minimum Gasteiger partial charge on any atom is -0.339 e. The van der Waals surface area contributed by atoms with E-state index in [1.54, 1.807) is 23.5 Å². The van der Waals surface area contributed by atoms with Crippen molar-refractivity contribution >= 4 is 46.6 Å². The number of hydrogen-bond acceptors (Lipinski definition) is 4. The zero-order valence-corrected chi connectivity index (χ0v) is 14.1. The summed E-state index contributed by atoms with van der Waals surface area (Å²) in [6.45, 7) is 6.13. The standard InChI is InChI=1S/C15H18ClNOS2/c1-4-5-6-19-9-14(18)11-7-15-13(8-12(11)16)17(3)10(2)20-15/h7-8H,2,4-6,9H2,1,3H3. The minimum absolute atomic E-state index is 0.111. The van der Waals surface area contributed by atoms with Gasteiger partial charge in [-0.05, 0) is 24.3 Å². The van der Waals surface area contributed by atoms with E-state index in [2.05, 4.69) is 13.5 Å². The second-order valence-electron chi connectivity index (χ2n) is 4.68. The van der Waals surface area contributed by atoms with Crippen LogP contribution in [-0.2, 0) is 0 Å². The number of anilines is 1. The number of benzene rings is 1. The Morgan fingerprint density at radius 2 is 2.25 bits per heavy atom. The number of Topliss-reactive ketones (excluding diaryl/α,β-unsaturated/α-hetero) is 1. The fourth-order valence-electron chi connectivity index (χ4n) is 1.92. The first-order valence-electron chi connectivity index (χ1n) is 6.59. The fourth-order valence-corrected chi connectivity index (χ4v) is 4.13. The molecule has 0 aliphatic carbocycles. The van der Waals surface area contributed by atoms with Gasteiger partial charge < -0.3 is 4.90 Å². The third-order valence-corrected chi connectivity index (χ3v) is 5.60. The highest BCUT2D eigenvalue weighted by Crippen LogP contribution is 2.46. The number of carbonyl (C=O) groups is 1. The maximum atomic E-state index is 12.2. The van der Waals surface area contributed by atoms with E-state index in [4.69, 9.17) is 11.6 Å². The van der Waals surface area contributed by atoms with Gasteiger partial charge in [0, 0.05) is 17.5 Å². The summed E-state index contributed by atoms with van der Waals surface area (Å²) in [4.78, 5) is 15.3. The van der Waals surface area contributed by atoms with Crippen molar-refractivity contribution in [1.29, 1.82) is 0 Å². The van der Waals surface area contributed by atoms with Crippen molar-refractivity contribution in [2.75, 3.05) is 23.5 Å². The Bertz CT molecular complexity index is 545. The highest BCUT2D eigenvalue weighted by Gasteiger charge is 2.24. The normalized spacial score (nSPS) is 13.8. The van der Waals surface area contributed by atoms with Crippen LogP contribution in [0.25, 0.3) is 0 Å². The number of carbonyl (C=O) groups excluding carboxylic acids is 1. The lowest BCUT2D eigenvalue weighted by Gasteiger charge is -2.13. The van der Waals surface area contributed by atoms with Crippen LogP contribution < -0.4 is 4.90 Å². The molecule has 1 heterocycles. The molecule has 0 saturated carbocycles. The van der Waals surface area contributed by atoms with E-state index in [1.165, 1.54) is 0 Å². The Labute approximate surface area is 133 Å². The smallest absolute Gasteiger partial charge is 0.174 e. The first kappa shape index (κ1) is 15.8. The molecular formula is C15H18ClNOS2. The quantitative estimate of drug-likeness (QED) is 0.536. The zero-order valence-electron chi connectivity index (χ0n) is 11.7. The molecule has 5 heteroatoms. The Hall–Kier alpha value is -0.580. The van der Waals surface area contributed by atoms with Crippen molar-refractivity contribution < 1.29 is 4.79 Å². The van der Waals surface area contributed by atoms with Crippen molar-refractivity contribution in [2.45, 2.75) is 24.7 Å². The molecule has 0 aromatic heterocycles. The van der Waals surface area contributed by atoms with Crippen LogP contribution in [0.3, 0.4) is 0 Å². The topological polar surface area (TPSA) is 20.3 Å². The summed E-state index contributed by atoms with van der Waals surface area (Å²) < 4.78 is 0. The Morgan fingerprint density at radius 1 is 1.50 bits per heavy atom. The van der Waals surface area contributed by atoms with Gasteiger partial charge in [0.2, 0.25) is 0 Å². The number of fused-ring (bicyclic) bond motifs is 1. The van der Waals surface area contributed by atoms with Crippen molar-refractivity contribution in [3.05, 3.63) is 34.3 Å². The summed E-state index contributed by atoms with van der Waals surface area (Å²) in [5, 5.41) is 1.49. The van der Waals surface area contributed by atoms with Gasteiger partial charge in [0.05, 0.1) is 21.5 Å². The molecule has 20 heavy (non-hydrogen) atoms. The molecular weight excluding hydrogens is 310 g/mol. The molecule has 2 rings (SSSR count). The first-order chi connectivity index (χ1) is 9.54. The second-order valence-corrected chi connectivity index (χ2v) is 7.31. The SMILES string of the molecule is C=C1Sc2cc(C(=O)CSCCCC)c(Cl)cc2N1C. The van der Waals surface area contributed by atoms with Crippen molar-refractivity contribution in [3.8, 4) is 0 Å². The Balaban J connectivity index is 2.12. The molecule has 1 aliphatic heterocycles. The molecule has 1 aromatic carbocycles. The molecule has 0 saturated heterocycles. The summed E-state index contributed by atoms with van der Waals surface area (Å²) in [7, 11) is 1.96. The average Bonchev–Trinajstić information content (AvgIpc) is 2.69. The summed E-state index contributed by atoms with van der Waals surface area (Å²) >= 11 is 9.53. The third kappa shape index (κ3) is 3.35. The second kappa shape index (κ2) is 6.92. The molecule has 0 atom stereocenters. The largest absolute Gasteiger partial charge is 0.339 e. The summed E-state index contributed by atoms with van der Waals surface area (Å²) in [6, 6.07) is 3.77. The lowest BCUT2D eigenvalue weighted by molar-refractivity contribution is 0.102. The van der Waals surface area contributed by atoms with E-state index >= 15 is 0 Å². The number of ketones is 1. The van der Waals surface area contributed by atoms with E-state index in [0.29, 0.717) is 16.3 Å². The molecule has 0 spiro atoms. The molecule has 0 unspecified atom stereocenters. The lowest BCUT2D eigenvalue weighted by Crippen LogP contribution is -2.09. The monoisotopic (exact) mass is 327 g/mol. The van der Waals surface area contributed by atoms with E-state index < -0.39 is 0 Å². The van der Waals surface area contributed by atoms with E-state index in [-0.39, 0.29) is 5.78 Å². The minimum atomic E-state index is 0.111. The molecule has 0 fully saturated rings. The number of halogens is 1. The maximum Gasteiger partial charge on any atom is 0.174 e. The van der Waals surface area contributed by atoms with E-state index in [1.807, 2.05) is 24.1 Å². The Morgan fingerprint density at radius 3 is 2.95 bits per heavy atom. The van der Waals surface area contributed by atoms with Crippen LogP contribution in [0.4, 0.5) is 5.69 Å². The first-order valence-corrected chi connectivity index (χ1v) is 8.94. The molecule has 2 nitrogen and oxygen atoms in total. The maximum absolute atomic E-state index is 12.2. The van der Waals surface area contributed by atoms with E-state index in [0.717, 1.165) is 34.2 Å². The van der Waals surface area contributed by atoms with Crippen molar-refractivity contribution in [2.24, 2.45) is 0 Å². The van der Waals surface area contributed by atoms with Crippen molar-refractivity contribution in [3.63, 3.8) is 0 Å². The van der Waals surface area contributed by atoms with Gasteiger partial charge in [-0.2, -0.15) is 11.8 Å². The van der Waals surface area contributed by atoms with Gasteiger partial charge in [-0.25, -0.2) is 0 Å². The van der Waals surface area contributed by atoms with Gasteiger partial charge in [0.1, 0.15) is 0 Å². The molecule has 1 aromatic rings. The number of thioether (sulfide) groups is 2. The van der Waals surface area contributed by atoms with Crippen LogP contribution in [0.15, 0.2) is 28.6 Å². The molecule has 1 aliphatic rings. The van der Waals surface area contributed by atoms with Crippen molar-refractivity contribution in [1.82, 2.24) is 0 Å². The summed E-state index contributed by atoms with van der Waals surface area (Å²) in [5.41, 5.74) is 1.66. The van der Waals surface area contributed by atoms with Crippen LogP contribution in [0, 0.1) is 0 Å². The molecule has 0 amide bonds. The number of unbranched alkanes of at least 4 members (excludes halogenated alkanes) is 1. The average molecular weight is 328 g/mol. The van der Waals surface area contributed by atoms with Crippen LogP contribution in [-0.4, -0.2) is 24.3 Å². The van der Waals surface area contributed by atoms with Gasteiger partial charge in [-0.15, -0.1) is 0 Å². The Kier molecular flexibility index (Phi) is 5.47. The van der Waals surface area contributed by atoms with Gasteiger partial charge in [0.25, 0.3) is 0 Å². The molecule has 108 valence electrons.